The molecular weight excluding hydrogens is 631 g/mol. The third kappa shape index (κ3) is 8.94. The summed E-state index contributed by atoms with van der Waals surface area (Å²) < 4.78 is 19.2. The number of amides is 1. The predicted molar refractivity (Wildman–Crippen MR) is 183 cm³/mol. The lowest BCUT2D eigenvalue weighted by molar-refractivity contribution is 0.00806. The second kappa shape index (κ2) is 14.2. The fourth-order valence-electron chi connectivity index (χ4n) is 6.12. The lowest BCUT2D eigenvalue weighted by atomic mass is 9.89. The number of allylic oxidation sites excluding steroid dienone is 2. The fourth-order valence-corrected chi connectivity index (χ4v) is 7.25. The molecule has 5 rings (SSSR count). The fraction of sp³-hybridized carbons (Fsp3) is 0.656. The van der Waals surface area contributed by atoms with E-state index in [-0.39, 0.29) is 18.7 Å². The molecule has 0 aromatic carbocycles. The van der Waals surface area contributed by atoms with Crippen LogP contribution < -0.4 is 5.32 Å². The van der Waals surface area contributed by atoms with Gasteiger partial charge in [-0.1, -0.05) is 31.2 Å². The van der Waals surface area contributed by atoms with Crippen LogP contribution in [0.15, 0.2) is 28.9 Å². The molecule has 45 heavy (non-hydrogen) atoms. The highest BCUT2D eigenvalue weighted by Gasteiger charge is 2.32. The van der Waals surface area contributed by atoms with E-state index < -0.39 is 13.7 Å². The molecule has 2 aromatic rings. The normalized spacial score (nSPS) is 22.0. The number of hydrogen-bond acceptors (Lipinski definition) is 8. The van der Waals surface area contributed by atoms with Crippen molar-refractivity contribution in [2.75, 3.05) is 44.7 Å². The van der Waals surface area contributed by atoms with Crippen LogP contribution in [0, 0.1) is 0 Å². The van der Waals surface area contributed by atoms with Crippen LogP contribution in [0.2, 0.25) is 25.7 Å². The topological polar surface area (TPSA) is 94.0 Å². The van der Waals surface area contributed by atoms with Gasteiger partial charge in [0.05, 0.1) is 10.4 Å². The van der Waals surface area contributed by atoms with Crippen molar-refractivity contribution in [1.29, 1.82) is 0 Å². The molecule has 2 fully saturated rings. The number of ether oxygens (including phenoxy) is 3. The molecule has 1 saturated carbocycles. The minimum absolute atomic E-state index is 0.215. The number of fused-ring (bicyclic) bond motifs is 1. The summed E-state index contributed by atoms with van der Waals surface area (Å²) in [7, 11) is -1.21. The monoisotopic (exact) mass is 678 g/mol. The zero-order valence-electron chi connectivity index (χ0n) is 27.5. The SMILES string of the molecule is CC(C)(C)OC(=O)N1CCN(C2CCC(Nc3ncnc4c3c(C3=C(Cl)COC(Cl)=C3)cn4COCC[Si](C)(C)C)CC2)CC1. The Kier molecular flexibility index (Phi) is 10.7. The van der Waals surface area contributed by atoms with Crippen LogP contribution in [-0.4, -0.2) is 95.6 Å². The van der Waals surface area contributed by atoms with Gasteiger partial charge in [0.25, 0.3) is 0 Å². The van der Waals surface area contributed by atoms with E-state index in [2.05, 4.69) is 34.8 Å². The Bertz CT molecular complexity index is 1420. The number of rotatable bonds is 9. The Morgan fingerprint density at radius 2 is 1.80 bits per heavy atom. The van der Waals surface area contributed by atoms with Crippen LogP contribution in [0.4, 0.5) is 10.6 Å². The molecule has 2 aromatic heterocycles. The lowest BCUT2D eigenvalue weighted by Crippen LogP contribution is -2.53. The maximum atomic E-state index is 12.5. The van der Waals surface area contributed by atoms with Gasteiger partial charge in [0.15, 0.2) is 5.22 Å². The molecule has 0 spiro atoms. The minimum Gasteiger partial charge on any atom is -0.477 e. The lowest BCUT2D eigenvalue weighted by Gasteiger charge is -2.42. The minimum atomic E-state index is -1.21. The van der Waals surface area contributed by atoms with Crippen LogP contribution in [0.5, 0.6) is 0 Å². The first-order chi connectivity index (χ1) is 21.3. The molecule has 0 bridgehead atoms. The van der Waals surface area contributed by atoms with Crippen LogP contribution in [0.3, 0.4) is 0 Å². The first kappa shape index (κ1) is 34.0. The van der Waals surface area contributed by atoms with Crippen LogP contribution in [0.1, 0.15) is 52.0 Å². The summed E-state index contributed by atoms with van der Waals surface area (Å²) >= 11 is 13.0. The Labute approximate surface area is 278 Å². The Balaban J connectivity index is 1.27. The molecule has 0 atom stereocenters. The second-order valence-corrected chi connectivity index (χ2v) is 20.9. The highest BCUT2D eigenvalue weighted by molar-refractivity contribution is 6.76. The van der Waals surface area contributed by atoms with Gasteiger partial charge in [-0.3, -0.25) is 4.90 Å². The molecule has 1 N–H and O–H groups in total. The van der Waals surface area contributed by atoms with Crippen molar-refractivity contribution < 1.29 is 19.0 Å². The van der Waals surface area contributed by atoms with Gasteiger partial charge in [-0.05, 0) is 64.1 Å². The number of nitrogens with zero attached hydrogens (tertiary/aromatic N) is 5. The molecule has 0 radical (unpaired) electrons. The zero-order chi connectivity index (χ0) is 32.4. The molecule has 2 aliphatic heterocycles. The summed E-state index contributed by atoms with van der Waals surface area (Å²) in [4.78, 5) is 26.3. The first-order valence-corrected chi connectivity index (χ1v) is 20.5. The van der Waals surface area contributed by atoms with E-state index in [1.165, 1.54) is 0 Å². The van der Waals surface area contributed by atoms with E-state index in [1.54, 1.807) is 12.4 Å². The van der Waals surface area contributed by atoms with Gasteiger partial charge in [-0.25, -0.2) is 14.8 Å². The molecular formula is C32H48Cl2N6O4Si. The van der Waals surface area contributed by atoms with Gasteiger partial charge < -0.3 is 29.0 Å². The van der Waals surface area contributed by atoms with E-state index in [9.17, 15) is 4.79 Å². The van der Waals surface area contributed by atoms with E-state index >= 15 is 0 Å². The number of nitrogens with one attached hydrogen (secondary N) is 1. The van der Waals surface area contributed by atoms with Crippen molar-refractivity contribution in [3.05, 3.63) is 34.4 Å². The van der Waals surface area contributed by atoms with Gasteiger partial charge in [0, 0.05) is 76.4 Å². The molecule has 13 heteroatoms. The summed E-state index contributed by atoms with van der Waals surface area (Å²) in [6.07, 6.45) is 9.44. The third-order valence-corrected chi connectivity index (χ3v) is 10.8. The van der Waals surface area contributed by atoms with E-state index in [0.29, 0.717) is 42.7 Å². The number of carbonyl (C=O) groups excluding carboxylic acids is 1. The van der Waals surface area contributed by atoms with Crippen molar-refractivity contribution >= 4 is 59.8 Å². The van der Waals surface area contributed by atoms with Crippen molar-refractivity contribution in [2.24, 2.45) is 0 Å². The summed E-state index contributed by atoms with van der Waals surface area (Å²) in [6, 6.07) is 1.89. The predicted octanol–water partition coefficient (Wildman–Crippen LogP) is 7.08. The van der Waals surface area contributed by atoms with Crippen molar-refractivity contribution in [1.82, 2.24) is 24.3 Å². The molecule has 10 nitrogen and oxygen atoms in total. The smallest absolute Gasteiger partial charge is 0.410 e. The van der Waals surface area contributed by atoms with Crippen LogP contribution in [-0.2, 0) is 20.9 Å². The van der Waals surface area contributed by atoms with Crippen molar-refractivity contribution in [3.63, 3.8) is 0 Å². The standard InChI is InChI=1S/C32H48Cl2N6O4Si/c1-32(2,3)44-31(41)39-13-11-38(12-14-39)23-9-7-22(8-10-23)37-29-28-25(24-17-27(34)43-19-26(24)33)18-40(30(28)36-20-35-29)21-42-15-16-45(4,5)6/h17-18,20,22-23H,7-16,19,21H2,1-6H3,(H,35,36,37). The van der Waals surface area contributed by atoms with Gasteiger partial charge in [0.2, 0.25) is 0 Å². The Morgan fingerprint density at radius 3 is 2.47 bits per heavy atom. The van der Waals surface area contributed by atoms with E-state index in [1.807, 2.05) is 36.4 Å². The number of carbonyl (C=O) groups is 1. The van der Waals surface area contributed by atoms with Gasteiger partial charge in [-0.2, -0.15) is 0 Å². The molecule has 1 aliphatic carbocycles. The van der Waals surface area contributed by atoms with Crippen LogP contribution >= 0.6 is 23.2 Å². The largest absolute Gasteiger partial charge is 0.477 e. The molecule has 4 heterocycles. The summed E-state index contributed by atoms with van der Waals surface area (Å²) in [6.45, 7) is 17.3. The highest BCUT2D eigenvalue weighted by Crippen LogP contribution is 2.38. The maximum Gasteiger partial charge on any atom is 0.410 e. The molecule has 1 amide bonds. The number of anilines is 1. The van der Waals surface area contributed by atoms with E-state index in [4.69, 9.17) is 42.4 Å². The van der Waals surface area contributed by atoms with E-state index in [0.717, 1.165) is 72.8 Å². The third-order valence-electron chi connectivity index (χ3n) is 8.58. The Hall–Kier alpha value is -2.31. The molecule has 1 saturated heterocycles. The summed E-state index contributed by atoms with van der Waals surface area (Å²) in [5.41, 5.74) is 2.03. The number of aromatic nitrogens is 3. The average molecular weight is 680 g/mol. The summed E-state index contributed by atoms with van der Waals surface area (Å²) in [5, 5.41) is 5.55. The van der Waals surface area contributed by atoms with Gasteiger partial charge in [-0.15, -0.1) is 0 Å². The Morgan fingerprint density at radius 1 is 1.09 bits per heavy atom. The van der Waals surface area contributed by atoms with Gasteiger partial charge >= 0.3 is 6.09 Å². The number of hydrogen-bond donors (Lipinski definition) is 1. The summed E-state index contributed by atoms with van der Waals surface area (Å²) in [5.74, 6) is 0.790. The average Bonchev–Trinajstić information content (AvgIpc) is 3.35. The van der Waals surface area contributed by atoms with Crippen molar-refractivity contribution in [3.8, 4) is 0 Å². The molecule has 0 unspecified atom stereocenters. The van der Waals surface area contributed by atoms with Crippen molar-refractivity contribution in [2.45, 2.75) is 96.6 Å². The quantitative estimate of drug-likeness (QED) is 0.222. The number of halogens is 2. The molecule has 248 valence electrons. The van der Waals surface area contributed by atoms with Crippen LogP contribution in [0.25, 0.3) is 16.6 Å². The van der Waals surface area contributed by atoms with Gasteiger partial charge in [0.1, 0.15) is 36.7 Å². The first-order valence-electron chi connectivity index (χ1n) is 16.1. The highest BCUT2D eigenvalue weighted by atomic mass is 35.5. The second-order valence-electron chi connectivity index (χ2n) is 14.5. The zero-order valence-corrected chi connectivity index (χ0v) is 30.0. The molecule has 3 aliphatic rings. The number of piperazine rings is 1. The maximum absolute atomic E-state index is 12.5.